The molecule has 92 valence electrons. The van der Waals surface area contributed by atoms with Gasteiger partial charge in [-0.25, -0.2) is 12.7 Å². The van der Waals surface area contributed by atoms with E-state index in [-0.39, 0.29) is 17.7 Å². The van der Waals surface area contributed by atoms with Crippen molar-refractivity contribution < 1.29 is 8.42 Å². The van der Waals surface area contributed by atoms with Gasteiger partial charge in [0.05, 0.1) is 5.75 Å². The number of nitrogens with two attached hydrogens (primary N) is 1. The fourth-order valence-electron chi connectivity index (χ4n) is 1.43. The van der Waals surface area contributed by atoms with Crippen LogP contribution < -0.4 is 5.73 Å². The van der Waals surface area contributed by atoms with Crippen LogP contribution in [0.25, 0.3) is 0 Å². The van der Waals surface area contributed by atoms with E-state index in [1.807, 2.05) is 27.7 Å². The Balaban J connectivity index is 4.50. The lowest BCUT2D eigenvalue weighted by atomic mass is 10.0. The molecule has 0 aliphatic rings. The molecule has 2 atom stereocenters. The highest BCUT2D eigenvalue weighted by molar-refractivity contribution is 7.89. The topological polar surface area (TPSA) is 63.4 Å². The van der Waals surface area contributed by atoms with Gasteiger partial charge in [0.2, 0.25) is 10.0 Å². The van der Waals surface area contributed by atoms with Gasteiger partial charge in [-0.1, -0.05) is 34.1 Å². The molecule has 0 radical (unpaired) electrons. The summed E-state index contributed by atoms with van der Waals surface area (Å²) in [5.41, 5.74) is 5.86. The van der Waals surface area contributed by atoms with E-state index in [9.17, 15) is 8.42 Å². The van der Waals surface area contributed by atoms with Crippen LogP contribution in [0.5, 0.6) is 0 Å². The zero-order valence-electron chi connectivity index (χ0n) is 10.2. The highest BCUT2D eigenvalue weighted by Crippen LogP contribution is 2.10. The van der Waals surface area contributed by atoms with Gasteiger partial charge in [-0.05, 0) is 5.92 Å². The molecule has 0 rings (SSSR count). The van der Waals surface area contributed by atoms with Crippen LogP contribution in [-0.4, -0.2) is 37.6 Å². The van der Waals surface area contributed by atoms with Crippen molar-refractivity contribution in [1.29, 1.82) is 0 Å². The van der Waals surface area contributed by atoms with Gasteiger partial charge >= 0.3 is 0 Å². The molecule has 0 aromatic rings. The Morgan fingerprint density at radius 3 is 2.00 bits per heavy atom. The molecule has 0 bridgehead atoms. The first kappa shape index (κ1) is 14.9. The second-order valence-electron chi connectivity index (χ2n) is 3.91. The molecular formula is C10H24N2O2S. The lowest BCUT2D eigenvalue weighted by Gasteiger charge is -2.23. The molecule has 2 N–H and O–H groups in total. The molecule has 4 nitrogen and oxygen atoms in total. The van der Waals surface area contributed by atoms with Crippen molar-refractivity contribution in [1.82, 2.24) is 4.31 Å². The number of hydrogen-bond donors (Lipinski definition) is 1. The molecule has 0 fully saturated rings. The Bertz CT molecular complexity index is 261. The van der Waals surface area contributed by atoms with Crippen molar-refractivity contribution in [3.8, 4) is 0 Å². The van der Waals surface area contributed by atoms with Gasteiger partial charge in [-0.3, -0.25) is 0 Å². The molecular weight excluding hydrogens is 212 g/mol. The van der Waals surface area contributed by atoms with Gasteiger partial charge in [-0.2, -0.15) is 0 Å². The number of nitrogens with zero attached hydrogens (tertiary/aromatic N) is 1. The first-order valence-corrected chi connectivity index (χ1v) is 7.23. The SMILES string of the molecule is CCC(C)C(N)CS(=O)(=O)N(CC)CC. The van der Waals surface area contributed by atoms with E-state index >= 15 is 0 Å². The minimum absolute atomic E-state index is 0.0592. The maximum atomic E-state index is 11.9. The van der Waals surface area contributed by atoms with Crippen LogP contribution in [0.2, 0.25) is 0 Å². The molecule has 5 heteroatoms. The summed E-state index contributed by atoms with van der Waals surface area (Å²) in [7, 11) is -3.17. The van der Waals surface area contributed by atoms with E-state index < -0.39 is 10.0 Å². The van der Waals surface area contributed by atoms with E-state index in [1.165, 1.54) is 4.31 Å². The number of hydrogen-bond acceptors (Lipinski definition) is 3. The normalized spacial score (nSPS) is 16.7. The summed E-state index contributed by atoms with van der Waals surface area (Å²) in [6.07, 6.45) is 0.912. The van der Waals surface area contributed by atoms with Gasteiger partial charge in [0.25, 0.3) is 0 Å². The lowest BCUT2D eigenvalue weighted by Crippen LogP contribution is -2.42. The van der Waals surface area contributed by atoms with Crippen molar-refractivity contribution in [2.24, 2.45) is 11.7 Å². The average Bonchev–Trinajstić information content (AvgIpc) is 2.17. The molecule has 0 aliphatic carbocycles. The lowest BCUT2D eigenvalue weighted by molar-refractivity contribution is 0.422. The van der Waals surface area contributed by atoms with Gasteiger partial charge in [0.1, 0.15) is 0 Å². The second-order valence-corrected chi connectivity index (χ2v) is 5.93. The Labute approximate surface area is 93.9 Å². The monoisotopic (exact) mass is 236 g/mol. The molecule has 0 aromatic heterocycles. The van der Waals surface area contributed by atoms with Crippen LogP contribution in [0.15, 0.2) is 0 Å². The third-order valence-corrected chi connectivity index (χ3v) is 4.99. The van der Waals surface area contributed by atoms with Gasteiger partial charge < -0.3 is 5.73 Å². The van der Waals surface area contributed by atoms with Crippen LogP contribution in [0.1, 0.15) is 34.1 Å². The third-order valence-electron chi connectivity index (χ3n) is 2.88. The number of rotatable bonds is 7. The molecule has 0 spiro atoms. The smallest absolute Gasteiger partial charge is 0.215 e. The van der Waals surface area contributed by atoms with Crippen molar-refractivity contribution in [2.75, 3.05) is 18.8 Å². The molecule has 0 saturated carbocycles. The van der Waals surface area contributed by atoms with Crippen LogP contribution in [0.4, 0.5) is 0 Å². The highest BCUT2D eigenvalue weighted by atomic mass is 32.2. The molecule has 0 aliphatic heterocycles. The minimum atomic E-state index is -3.17. The van der Waals surface area contributed by atoms with Gasteiger partial charge in [0, 0.05) is 19.1 Å². The zero-order chi connectivity index (χ0) is 12.1. The van der Waals surface area contributed by atoms with E-state index in [4.69, 9.17) is 5.73 Å². The fraction of sp³-hybridized carbons (Fsp3) is 1.00. The molecule has 0 saturated heterocycles. The van der Waals surface area contributed by atoms with Gasteiger partial charge in [-0.15, -0.1) is 0 Å². The van der Waals surface area contributed by atoms with Crippen LogP contribution in [-0.2, 0) is 10.0 Å². The number of sulfonamides is 1. The molecule has 0 amide bonds. The largest absolute Gasteiger partial charge is 0.326 e. The Morgan fingerprint density at radius 1 is 1.20 bits per heavy atom. The Morgan fingerprint density at radius 2 is 1.67 bits per heavy atom. The van der Waals surface area contributed by atoms with Crippen LogP contribution in [0, 0.1) is 5.92 Å². The highest BCUT2D eigenvalue weighted by Gasteiger charge is 2.24. The summed E-state index contributed by atoms with van der Waals surface area (Å²) < 4.78 is 25.2. The Hall–Kier alpha value is -0.130. The summed E-state index contributed by atoms with van der Waals surface area (Å²) in [6, 6.07) is -0.263. The predicted octanol–water partition coefficient (Wildman–Crippen LogP) is 1.03. The van der Waals surface area contributed by atoms with Gasteiger partial charge in [0.15, 0.2) is 0 Å². The predicted molar refractivity (Wildman–Crippen MR) is 64.1 cm³/mol. The van der Waals surface area contributed by atoms with Crippen LogP contribution in [0.3, 0.4) is 0 Å². The quantitative estimate of drug-likeness (QED) is 0.718. The molecule has 15 heavy (non-hydrogen) atoms. The first-order chi connectivity index (χ1) is 6.88. The summed E-state index contributed by atoms with van der Waals surface area (Å²) >= 11 is 0. The average molecular weight is 236 g/mol. The molecule has 2 unspecified atom stereocenters. The van der Waals surface area contributed by atoms with E-state index in [2.05, 4.69) is 0 Å². The third kappa shape index (κ3) is 4.49. The van der Waals surface area contributed by atoms with E-state index in [0.29, 0.717) is 13.1 Å². The second kappa shape index (κ2) is 6.45. The zero-order valence-corrected chi connectivity index (χ0v) is 11.0. The standard InChI is InChI=1S/C10H24N2O2S/c1-5-9(4)10(11)8-15(13,14)12(6-2)7-3/h9-10H,5-8,11H2,1-4H3. The summed E-state index contributed by atoms with van der Waals surface area (Å²) in [5, 5.41) is 0. The summed E-state index contributed by atoms with van der Waals surface area (Å²) in [4.78, 5) is 0. The van der Waals surface area contributed by atoms with Crippen molar-refractivity contribution in [3.63, 3.8) is 0 Å². The summed E-state index contributed by atoms with van der Waals surface area (Å²) in [5.74, 6) is 0.305. The molecule has 0 aromatic carbocycles. The molecule has 0 heterocycles. The minimum Gasteiger partial charge on any atom is -0.326 e. The van der Waals surface area contributed by atoms with Crippen molar-refractivity contribution >= 4 is 10.0 Å². The maximum Gasteiger partial charge on any atom is 0.215 e. The van der Waals surface area contributed by atoms with Crippen molar-refractivity contribution in [3.05, 3.63) is 0 Å². The van der Waals surface area contributed by atoms with E-state index in [1.54, 1.807) is 0 Å². The van der Waals surface area contributed by atoms with Crippen molar-refractivity contribution in [2.45, 2.75) is 40.2 Å². The summed E-state index contributed by atoms with van der Waals surface area (Å²) in [6.45, 7) is 8.74. The maximum absolute atomic E-state index is 11.9. The first-order valence-electron chi connectivity index (χ1n) is 5.62. The Kier molecular flexibility index (Phi) is 6.40. The fourth-order valence-corrected chi connectivity index (χ4v) is 3.25. The van der Waals surface area contributed by atoms with E-state index in [0.717, 1.165) is 6.42 Å². The van der Waals surface area contributed by atoms with Crippen LogP contribution >= 0.6 is 0 Å².